The summed E-state index contributed by atoms with van der Waals surface area (Å²) in [6.07, 6.45) is 0. The molecule has 0 aliphatic carbocycles. The number of benzene rings is 2. The smallest absolute Gasteiger partial charge is 0.287 e. The van der Waals surface area contributed by atoms with Crippen LogP contribution in [-0.4, -0.2) is 19.2 Å². The molecule has 0 bridgehead atoms. The SMILES string of the molecule is CC(NC(=O)c1ccc(-c2ccc([N+](=O)[O-])cc2Cl)o1)c1ccc(S(N)(=O)=O)cc1. The average molecular weight is 450 g/mol. The van der Waals surface area contributed by atoms with Gasteiger partial charge in [-0.25, -0.2) is 13.6 Å². The lowest BCUT2D eigenvalue weighted by Crippen LogP contribution is -2.26. The van der Waals surface area contributed by atoms with Crippen LogP contribution in [0.5, 0.6) is 0 Å². The van der Waals surface area contributed by atoms with Gasteiger partial charge in [-0.05, 0) is 42.8 Å². The Morgan fingerprint density at radius 2 is 1.83 bits per heavy atom. The number of halogens is 1. The highest BCUT2D eigenvalue weighted by Gasteiger charge is 2.18. The van der Waals surface area contributed by atoms with Crippen molar-refractivity contribution >= 4 is 33.2 Å². The largest absolute Gasteiger partial charge is 0.451 e. The van der Waals surface area contributed by atoms with Crippen molar-refractivity contribution in [2.75, 3.05) is 0 Å². The molecule has 0 aliphatic rings. The number of nitro benzene ring substituents is 1. The van der Waals surface area contributed by atoms with Crippen molar-refractivity contribution < 1.29 is 22.6 Å². The van der Waals surface area contributed by atoms with E-state index in [1.807, 2.05) is 0 Å². The van der Waals surface area contributed by atoms with E-state index in [2.05, 4.69) is 5.32 Å². The minimum Gasteiger partial charge on any atom is -0.451 e. The van der Waals surface area contributed by atoms with Gasteiger partial charge in [-0.1, -0.05) is 23.7 Å². The Morgan fingerprint density at radius 3 is 2.40 bits per heavy atom. The molecule has 0 saturated heterocycles. The Hall–Kier alpha value is -3.21. The predicted molar refractivity (Wildman–Crippen MR) is 110 cm³/mol. The third-order valence-corrected chi connectivity index (χ3v) is 5.56. The van der Waals surface area contributed by atoms with E-state index in [9.17, 15) is 23.3 Å². The molecule has 11 heteroatoms. The summed E-state index contributed by atoms with van der Waals surface area (Å²) in [5.41, 5.74) is 0.921. The minimum absolute atomic E-state index is 0.0208. The summed E-state index contributed by atoms with van der Waals surface area (Å²) in [5, 5.41) is 18.7. The van der Waals surface area contributed by atoms with Crippen molar-refractivity contribution in [1.82, 2.24) is 5.32 Å². The molecule has 0 fully saturated rings. The van der Waals surface area contributed by atoms with Crippen LogP contribution >= 0.6 is 11.6 Å². The molecule has 0 spiro atoms. The van der Waals surface area contributed by atoms with E-state index >= 15 is 0 Å². The number of primary sulfonamides is 1. The van der Waals surface area contributed by atoms with Gasteiger partial charge < -0.3 is 9.73 Å². The molecular weight excluding hydrogens is 434 g/mol. The molecule has 0 saturated carbocycles. The van der Waals surface area contributed by atoms with Crippen molar-refractivity contribution in [3.05, 3.63) is 81.1 Å². The summed E-state index contributed by atoms with van der Waals surface area (Å²) in [5.74, 6) is -0.195. The summed E-state index contributed by atoms with van der Waals surface area (Å²) in [4.78, 5) is 22.7. The summed E-state index contributed by atoms with van der Waals surface area (Å²) in [6.45, 7) is 1.72. The summed E-state index contributed by atoms with van der Waals surface area (Å²) in [7, 11) is -3.80. The lowest BCUT2D eigenvalue weighted by Gasteiger charge is -2.13. The van der Waals surface area contributed by atoms with E-state index in [0.717, 1.165) is 0 Å². The quantitative estimate of drug-likeness (QED) is 0.433. The number of carbonyl (C=O) groups is 1. The number of amides is 1. The monoisotopic (exact) mass is 449 g/mol. The third-order valence-electron chi connectivity index (χ3n) is 4.31. The fraction of sp³-hybridized carbons (Fsp3) is 0.105. The molecule has 0 radical (unpaired) electrons. The van der Waals surface area contributed by atoms with E-state index < -0.39 is 26.9 Å². The Morgan fingerprint density at radius 1 is 1.17 bits per heavy atom. The first kappa shape index (κ1) is 21.5. The maximum atomic E-state index is 12.5. The highest BCUT2D eigenvalue weighted by molar-refractivity contribution is 7.89. The van der Waals surface area contributed by atoms with Crippen molar-refractivity contribution in [3.8, 4) is 11.3 Å². The number of rotatable bonds is 6. The molecule has 1 atom stereocenters. The number of furan rings is 1. The molecule has 1 unspecified atom stereocenters. The molecule has 9 nitrogen and oxygen atoms in total. The van der Waals surface area contributed by atoms with Gasteiger partial charge in [0.2, 0.25) is 10.0 Å². The van der Waals surface area contributed by atoms with E-state index in [1.54, 1.807) is 19.1 Å². The number of hydrogen-bond acceptors (Lipinski definition) is 6. The molecule has 1 heterocycles. The van der Waals surface area contributed by atoms with Crippen LogP contribution in [-0.2, 0) is 10.0 Å². The van der Waals surface area contributed by atoms with Gasteiger partial charge in [0, 0.05) is 17.7 Å². The third kappa shape index (κ3) is 4.67. The van der Waals surface area contributed by atoms with E-state index in [-0.39, 0.29) is 27.1 Å². The summed E-state index contributed by atoms with van der Waals surface area (Å²) in [6, 6.07) is 12.3. The fourth-order valence-corrected chi connectivity index (χ4v) is 3.50. The van der Waals surface area contributed by atoms with Crippen LogP contribution in [0.15, 0.2) is 63.9 Å². The van der Waals surface area contributed by atoms with Crippen LogP contribution in [0.25, 0.3) is 11.3 Å². The normalized spacial score (nSPS) is 12.4. The summed E-state index contributed by atoms with van der Waals surface area (Å²) >= 11 is 6.09. The van der Waals surface area contributed by atoms with Crippen LogP contribution in [0.3, 0.4) is 0 Å². The van der Waals surface area contributed by atoms with Crippen molar-refractivity contribution in [1.29, 1.82) is 0 Å². The molecule has 3 aromatic rings. The molecule has 3 N–H and O–H groups in total. The van der Waals surface area contributed by atoms with Gasteiger partial charge in [0.25, 0.3) is 11.6 Å². The maximum absolute atomic E-state index is 12.5. The zero-order valence-electron chi connectivity index (χ0n) is 15.5. The highest BCUT2D eigenvalue weighted by atomic mass is 35.5. The van der Waals surface area contributed by atoms with Gasteiger partial charge in [-0.3, -0.25) is 14.9 Å². The number of nitrogens with zero attached hydrogens (tertiary/aromatic N) is 1. The number of nitrogens with one attached hydrogen (secondary N) is 1. The number of nitrogens with two attached hydrogens (primary N) is 1. The topological polar surface area (TPSA) is 146 Å². The lowest BCUT2D eigenvalue weighted by molar-refractivity contribution is -0.384. The molecule has 3 rings (SSSR count). The second-order valence-corrected chi connectivity index (χ2v) is 8.36. The minimum atomic E-state index is -3.80. The Bertz CT molecular complexity index is 1220. The van der Waals surface area contributed by atoms with Crippen LogP contribution in [0, 0.1) is 10.1 Å². The van der Waals surface area contributed by atoms with Crippen molar-refractivity contribution in [2.45, 2.75) is 17.9 Å². The second kappa shape index (κ2) is 8.27. The van der Waals surface area contributed by atoms with Gasteiger partial charge in [0.1, 0.15) is 5.76 Å². The predicted octanol–water partition coefficient (Wildman–Crippen LogP) is 3.65. The van der Waals surface area contributed by atoms with Gasteiger partial charge in [-0.15, -0.1) is 0 Å². The first-order chi connectivity index (χ1) is 14.1. The van der Waals surface area contributed by atoms with Gasteiger partial charge >= 0.3 is 0 Å². The number of non-ortho nitro benzene ring substituents is 1. The zero-order chi connectivity index (χ0) is 22.1. The number of hydrogen-bond donors (Lipinski definition) is 2. The summed E-state index contributed by atoms with van der Waals surface area (Å²) < 4.78 is 28.2. The van der Waals surface area contributed by atoms with Crippen molar-refractivity contribution in [2.24, 2.45) is 5.14 Å². The molecule has 1 aromatic heterocycles. The van der Waals surface area contributed by atoms with Crippen LogP contribution < -0.4 is 10.5 Å². The first-order valence-electron chi connectivity index (χ1n) is 8.54. The van der Waals surface area contributed by atoms with Crippen LogP contribution in [0.1, 0.15) is 29.1 Å². The highest BCUT2D eigenvalue weighted by Crippen LogP contribution is 2.32. The van der Waals surface area contributed by atoms with Crippen LogP contribution in [0.4, 0.5) is 5.69 Å². The first-order valence-corrected chi connectivity index (χ1v) is 10.5. The number of carbonyl (C=O) groups excluding carboxylic acids is 1. The molecule has 156 valence electrons. The maximum Gasteiger partial charge on any atom is 0.287 e. The standard InChI is InChI=1S/C19H16ClN3O6S/c1-11(12-2-5-14(6-3-12)30(21,27)28)22-19(24)18-9-8-17(29-18)15-7-4-13(23(25)26)10-16(15)20/h2-11H,1H3,(H,22,24)(H2,21,27,28). The Kier molecular flexibility index (Phi) is 5.92. The second-order valence-electron chi connectivity index (χ2n) is 6.39. The number of nitro groups is 1. The van der Waals surface area contributed by atoms with Gasteiger partial charge in [0.05, 0.1) is 20.9 Å². The molecular formula is C19H16ClN3O6S. The van der Waals surface area contributed by atoms with E-state index in [4.69, 9.17) is 21.2 Å². The van der Waals surface area contributed by atoms with E-state index in [0.29, 0.717) is 11.1 Å². The lowest BCUT2D eigenvalue weighted by atomic mass is 10.1. The number of sulfonamides is 1. The van der Waals surface area contributed by atoms with E-state index in [1.165, 1.54) is 42.5 Å². The zero-order valence-corrected chi connectivity index (χ0v) is 17.1. The van der Waals surface area contributed by atoms with Gasteiger partial charge in [-0.2, -0.15) is 0 Å². The fourth-order valence-electron chi connectivity index (χ4n) is 2.72. The Balaban J connectivity index is 1.74. The molecule has 2 aromatic carbocycles. The Labute approximate surface area is 176 Å². The van der Waals surface area contributed by atoms with Crippen LogP contribution in [0.2, 0.25) is 5.02 Å². The van der Waals surface area contributed by atoms with Crippen molar-refractivity contribution in [3.63, 3.8) is 0 Å². The average Bonchev–Trinajstić information content (AvgIpc) is 3.17. The molecule has 1 amide bonds. The molecule has 30 heavy (non-hydrogen) atoms. The van der Waals surface area contributed by atoms with Gasteiger partial charge in [0.15, 0.2) is 5.76 Å². The molecule has 0 aliphatic heterocycles.